The van der Waals surface area contributed by atoms with Gasteiger partial charge in [0.2, 0.25) is 5.89 Å². The minimum Gasteiger partial charge on any atom is -0.436 e. The van der Waals surface area contributed by atoms with Crippen LogP contribution in [-0.2, 0) is 0 Å². The molecule has 0 aliphatic heterocycles. The summed E-state index contributed by atoms with van der Waals surface area (Å²) in [7, 11) is 0. The molecule has 228 valence electrons. The van der Waals surface area contributed by atoms with Gasteiger partial charge in [-0.3, -0.25) is 0 Å². The molecule has 49 heavy (non-hydrogen) atoms. The van der Waals surface area contributed by atoms with E-state index in [0.29, 0.717) is 11.5 Å². The van der Waals surface area contributed by atoms with Crippen molar-refractivity contribution in [3.05, 3.63) is 175 Å². The minimum atomic E-state index is 0.613. The summed E-state index contributed by atoms with van der Waals surface area (Å²) in [5.74, 6) is 0.613. The zero-order valence-corrected chi connectivity index (χ0v) is 26.5. The van der Waals surface area contributed by atoms with Crippen LogP contribution in [0.5, 0.6) is 0 Å². The fraction of sp³-hybridized carbons (Fsp3) is 0. The third kappa shape index (κ3) is 5.23. The molecule has 0 atom stereocenters. The Hall–Kier alpha value is -6.76. The Morgan fingerprint density at radius 1 is 0.429 bits per heavy atom. The van der Waals surface area contributed by atoms with E-state index in [2.05, 4.69) is 152 Å². The highest BCUT2D eigenvalue weighted by Gasteiger charge is 2.13. The molecule has 0 saturated carbocycles. The van der Waals surface area contributed by atoms with Crippen molar-refractivity contribution in [3.8, 4) is 62.0 Å². The van der Waals surface area contributed by atoms with Crippen LogP contribution in [0.1, 0.15) is 5.56 Å². The Morgan fingerprint density at radius 3 is 1.47 bits per heavy atom. The summed E-state index contributed by atoms with van der Waals surface area (Å²) in [5.41, 5.74) is 12.3. The Labute approximate surface area is 284 Å². The van der Waals surface area contributed by atoms with Gasteiger partial charge >= 0.3 is 0 Å². The van der Waals surface area contributed by atoms with Gasteiger partial charge < -0.3 is 4.42 Å². The second-order valence-corrected chi connectivity index (χ2v) is 12.3. The van der Waals surface area contributed by atoms with E-state index in [1.165, 1.54) is 27.1 Å². The zero-order valence-electron chi connectivity index (χ0n) is 26.5. The molecule has 8 aromatic carbocycles. The van der Waals surface area contributed by atoms with Crippen molar-refractivity contribution in [2.75, 3.05) is 0 Å². The van der Waals surface area contributed by atoms with Crippen LogP contribution in [0, 0.1) is 11.3 Å². The van der Waals surface area contributed by atoms with Gasteiger partial charge in [0.1, 0.15) is 5.52 Å². The van der Waals surface area contributed by atoms with Crippen LogP contribution in [0.2, 0.25) is 0 Å². The van der Waals surface area contributed by atoms with E-state index in [1.807, 2.05) is 24.3 Å². The van der Waals surface area contributed by atoms with E-state index in [0.717, 1.165) is 55.6 Å². The summed E-state index contributed by atoms with van der Waals surface area (Å²) < 4.78 is 6.35. The molecule has 0 spiro atoms. The van der Waals surface area contributed by atoms with Crippen LogP contribution in [-0.4, -0.2) is 4.98 Å². The van der Waals surface area contributed by atoms with Crippen molar-refractivity contribution in [1.82, 2.24) is 4.98 Å². The van der Waals surface area contributed by atoms with E-state index in [1.54, 1.807) is 0 Å². The second kappa shape index (κ2) is 11.8. The molecule has 0 unspecified atom stereocenters. The van der Waals surface area contributed by atoms with Gasteiger partial charge in [-0.05, 0) is 109 Å². The highest BCUT2D eigenvalue weighted by atomic mass is 16.3. The first-order chi connectivity index (χ1) is 24.2. The average Bonchev–Trinajstić information content (AvgIpc) is 3.62. The first kappa shape index (κ1) is 28.5. The number of rotatable bonds is 5. The normalized spacial score (nSPS) is 11.2. The monoisotopic (exact) mass is 624 g/mol. The number of aromatic nitrogens is 1. The molecule has 3 heteroatoms. The first-order valence-corrected chi connectivity index (χ1v) is 16.3. The standard InChI is InChI=1S/C46H28N2O/c47-29-30-9-11-31(12-10-30)32-13-15-33(16-14-32)34-17-19-35(20-18-34)36-21-23-37(24-22-36)46-48-44-26-25-39(28-45(44)49-46)43-27-38-5-1-2-6-40(38)41-7-3-4-8-42(41)43/h1-28H. The Bertz CT molecular complexity index is 2680. The fourth-order valence-corrected chi connectivity index (χ4v) is 6.76. The van der Waals surface area contributed by atoms with E-state index in [9.17, 15) is 0 Å². The SMILES string of the molecule is N#Cc1ccc(-c2ccc(-c3ccc(-c4ccc(-c5nc6ccc(-c7cc8ccccc8c8ccccc78)cc6o5)cc4)cc3)cc2)cc1. The van der Waals surface area contributed by atoms with E-state index in [-0.39, 0.29) is 0 Å². The van der Waals surface area contributed by atoms with Crippen LogP contribution in [0.4, 0.5) is 0 Å². The molecule has 0 amide bonds. The molecule has 0 bridgehead atoms. The van der Waals surface area contributed by atoms with Crippen molar-refractivity contribution >= 4 is 32.6 Å². The maximum Gasteiger partial charge on any atom is 0.227 e. The first-order valence-electron chi connectivity index (χ1n) is 16.3. The van der Waals surface area contributed by atoms with Crippen LogP contribution >= 0.6 is 0 Å². The van der Waals surface area contributed by atoms with Crippen molar-refractivity contribution in [3.63, 3.8) is 0 Å². The molecule has 1 aromatic heterocycles. The molecule has 0 radical (unpaired) electrons. The predicted octanol–water partition coefficient (Wildman–Crippen LogP) is 12.3. The van der Waals surface area contributed by atoms with E-state index >= 15 is 0 Å². The van der Waals surface area contributed by atoms with Gasteiger partial charge in [0.15, 0.2) is 5.58 Å². The summed E-state index contributed by atoms with van der Waals surface area (Å²) in [6.07, 6.45) is 0. The fourth-order valence-electron chi connectivity index (χ4n) is 6.76. The van der Waals surface area contributed by atoms with Gasteiger partial charge in [0.05, 0.1) is 11.6 Å². The molecular formula is C46H28N2O. The van der Waals surface area contributed by atoms with Crippen LogP contribution in [0.15, 0.2) is 174 Å². The summed E-state index contributed by atoms with van der Waals surface area (Å²) in [6, 6.07) is 61.2. The number of fused-ring (bicyclic) bond motifs is 4. The lowest BCUT2D eigenvalue weighted by Gasteiger charge is -2.10. The van der Waals surface area contributed by atoms with Gasteiger partial charge in [0, 0.05) is 5.56 Å². The number of oxazole rings is 1. The van der Waals surface area contributed by atoms with Crippen molar-refractivity contribution < 1.29 is 4.42 Å². The molecule has 0 fully saturated rings. The smallest absolute Gasteiger partial charge is 0.227 e. The topological polar surface area (TPSA) is 49.8 Å². The lowest BCUT2D eigenvalue weighted by molar-refractivity contribution is 0.620. The van der Waals surface area contributed by atoms with Gasteiger partial charge in [0.25, 0.3) is 0 Å². The third-order valence-corrected chi connectivity index (χ3v) is 9.38. The Morgan fingerprint density at radius 2 is 0.898 bits per heavy atom. The summed E-state index contributed by atoms with van der Waals surface area (Å²) in [6.45, 7) is 0. The summed E-state index contributed by atoms with van der Waals surface area (Å²) >= 11 is 0. The summed E-state index contributed by atoms with van der Waals surface area (Å²) in [5, 5.41) is 14.0. The van der Waals surface area contributed by atoms with Gasteiger partial charge in [-0.1, -0.05) is 127 Å². The molecule has 9 rings (SSSR count). The number of nitriles is 1. The molecule has 9 aromatic rings. The van der Waals surface area contributed by atoms with E-state index < -0.39 is 0 Å². The predicted molar refractivity (Wildman–Crippen MR) is 201 cm³/mol. The van der Waals surface area contributed by atoms with Crippen molar-refractivity contribution in [2.24, 2.45) is 0 Å². The molecule has 0 N–H and O–H groups in total. The Balaban J connectivity index is 0.957. The lowest BCUT2D eigenvalue weighted by atomic mass is 9.93. The highest BCUT2D eigenvalue weighted by molar-refractivity contribution is 6.14. The Kier molecular flexibility index (Phi) is 6.85. The molecule has 3 nitrogen and oxygen atoms in total. The third-order valence-electron chi connectivity index (χ3n) is 9.38. The molecule has 0 aliphatic rings. The van der Waals surface area contributed by atoms with Gasteiger partial charge in [-0.2, -0.15) is 5.26 Å². The van der Waals surface area contributed by atoms with Gasteiger partial charge in [-0.25, -0.2) is 4.98 Å². The van der Waals surface area contributed by atoms with E-state index in [4.69, 9.17) is 14.7 Å². The second-order valence-electron chi connectivity index (χ2n) is 12.3. The maximum absolute atomic E-state index is 9.06. The van der Waals surface area contributed by atoms with Crippen LogP contribution in [0.25, 0.3) is 88.6 Å². The number of benzene rings is 8. The van der Waals surface area contributed by atoms with Crippen molar-refractivity contribution in [1.29, 1.82) is 5.26 Å². The van der Waals surface area contributed by atoms with Crippen LogP contribution in [0.3, 0.4) is 0 Å². The lowest BCUT2D eigenvalue weighted by Crippen LogP contribution is -1.84. The van der Waals surface area contributed by atoms with Gasteiger partial charge in [-0.15, -0.1) is 0 Å². The minimum absolute atomic E-state index is 0.613. The molecular weight excluding hydrogens is 597 g/mol. The van der Waals surface area contributed by atoms with Crippen molar-refractivity contribution in [2.45, 2.75) is 0 Å². The quantitative estimate of drug-likeness (QED) is 0.179. The van der Waals surface area contributed by atoms with Crippen LogP contribution < -0.4 is 0 Å². The average molecular weight is 625 g/mol. The number of hydrogen-bond acceptors (Lipinski definition) is 3. The largest absolute Gasteiger partial charge is 0.436 e. The molecule has 0 aliphatic carbocycles. The molecule has 1 heterocycles. The summed E-state index contributed by atoms with van der Waals surface area (Å²) in [4.78, 5) is 4.83. The highest BCUT2D eigenvalue weighted by Crippen LogP contribution is 2.37. The molecule has 0 saturated heterocycles. The number of hydrogen-bond donors (Lipinski definition) is 0. The maximum atomic E-state index is 9.06. The number of nitrogens with zero attached hydrogens (tertiary/aromatic N) is 2. The zero-order chi connectivity index (χ0) is 32.7.